The van der Waals surface area contributed by atoms with Gasteiger partial charge in [0.15, 0.2) is 0 Å². The third-order valence-electron chi connectivity index (χ3n) is 9.49. The van der Waals surface area contributed by atoms with E-state index in [9.17, 15) is 14.7 Å². The Morgan fingerprint density at radius 2 is 1.55 bits per heavy atom. The van der Waals surface area contributed by atoms with Gasteiger partial charge in [-0.2, -0.15) is 0 Å². The summed E-state index contributed by atoms with van der Waals surface area (Å²) in [5, 5.41) is 12.0. The molecule has 2 aliphatic rings. The SMILES string of the molecule is Cc1cn([C@H]2C[C@H](O[Si](c3ccccc3)(c3ccccc3)C(C)(C)C)[C@@H](C3CC([Si](C)(C)C)C(CCO)O3)O2)c(=O)[nH]c1=O. The van der Waals surface area contributed by atoms with Crippen molar-refractivity contribution in [1.29, 1.82) is 0 Å². The Morgan fingerprint density at radius 3 is 2.07 bits per heavy atom. The lowest BCUT2D eigenvalue weighted by Crippen LogP contribution is -2.68. The van der Waals surface area contributed by atoms with Crippen LogP contribution in [0, 0.1) is 6.92 Å². The molecule has 8 nitrogen and oxygen atoms in total. The molecule has 0 saturated carbocycles. The maximum absolute atomic E-state index is 13.1. The molecule has 6 atom stereocenters. The van der Waals surface area contributed by atoms with E-state index in [4.69, 9.17) is 13.9 Å². The van der Waals surface area contributed by atoms with Gasteiger partial charge in [0.05, 0.1) is 26.4 Å². The van der Waals surface area contributed by atoms with Crippen LogP contribution >= 0.6 is 0 Å². The predicted molar refractivity (Wildman–Crippen MR) is 179 cm³/mol. The highest BCUT2D eigenvalue weighted by Crippen LogP contribution is 2.47. The number of aliphatic hydroxyl groups excluding tert-OH is 1. The molecule has 3 aromatic rings. The van der Waals surface area contributed by atoms with Crippen LogP contribution in [0.1, 0.15) is 51.8 Å². The van der Waals surface area contributed by atoms with Gasteiger partial charge in [-0.1, -0.05) is 101 Å². The zero-order valence-electron chi connectivity index (χ0n) is 27.1. The van der Waals surface area contributed by atoms with Gasteiger partial charge in [0.25, 0.3) is 13.9 Å². The van der Waals surface area contributed by atoms with E-state index in [2.05, 4.69) is 93.9 Å². The average molecular weight is 637 g/mol. The summed E-state index contributed by atoms with van der Waals surface area (Å²) < 4.78 is 22.7. The Kier molecular flexibility index (Phi) is 9.42. The molecule has 5 rings (SSSR count). The first kappa shape index (κ1) is 32.8. The lowest BCUT2D eigenvalue weighted by atomic mass is 10.0. The Morgan fingerprint density at radius 1 is 0.955 bits per heavy atom. The smallest absolute Gasteiger partial charge is 0.330 e. The number of hydrogen-bond acceptors (Lipinski definition) is 6. The topological polar surface area (TPSA) is 103 Å². The van der Waals surface area contributed by atoms with Crippen molar-refractivity contribution >= 4 is 26.8 Å². The quantitative estimate of drug-likeness (QED) is 0.339. The van der Waals surface area contributed by atoms with Crippen LogP contribution in [0.2, 0.25) is 30.2 Å². The van der Waals surface area contributed by atoms with Crippen molar-refractivity contribution in [1.82, 2.24) is 9.55 Å². The van der Waals surface area contributed by atoms with E-state index in [0.717, 1.165) is 6.42 Å². The van der Waals surface area contributed by atoms with Crippen LogP contribution in [-0.4, -0.2) is 62.1 Å². The molecule has 10 heteroatoms. The molecule has 0 aliphatic carbocycles. The van der Waals surface area contributed by atoms with Crippen LogP contribution in [0.25, 0.3) is 0 Å². The average Bonchev–Trinajstić information content (AvgIpc) is 3.58. The number of aliphatic hydroxyl groups is 1. The molecular formula is C34H48N2O6Si2. The number of H-pyrrole nitrogens is 1. The summed E-state index contributed by atoms with van der Waals surface area (Å²) in [6.07, 6.45) is 1.66. The van der Waals surface area contributed by atoms with Crippen LogP contribution in [0.15, 0.2) is 76.4 Å². The zero-order valence-corrected chi connectivity index (χ0v) is 29.1. The normalized spacial score (nSPS) is 26.3. The Bertz CT molecular complexity index is 1490. The summed E-state index contributed by atoms with van der Waals surface area (Å²) in [4.78, 5) is 27.7. The van der Waals surface area contributed by atoms with Gasteiger partial charge < -0.3 is 19.0 Å². The van der Waals surface area contributed by atoms with Crippen LogP contribution in [0.4, 0.5) is 0 Å². The number of hydrogen-bond donors (Lipinski definition) is 2. The van der Waals surface area contributed by atoms with E-state index in [0.29, 0.717) is 23.9 Å². The molecule has 2 N–H and O–H groups in total. The van der Waals surface area contributed by atoms with Gasteiger partial charge in [-0.05, 0) is 40.7 Å². The Labute approximate surface area is 262 Å². The molecule has 238 valence electrons. The molecule has 2 fully saturated rings. The molecule has 0 amide bonds. The van der Waals surface area contributed by atoms with E-state index in [1.165, 1.54) is 14.9 Å². The summed E-state index contributed by atoms with van der Waals surface area (Å²) in [5.41, 5.74) is -0.0975. The molecule has 3 unspecified atom stereocenters. The van der Waals surface area contributed by atoms with Crippen molar-refractivity contribution in [2.24, 2.45) is 0 Å². The third kappa shape index (κ3) is 6.25. The highest BCUT2D eigenvalue weighted by atomic mass is 28.4. The molecule has 0 bridgehead atoms. The van der Waals surface area contributed by atoms with Gasteiger partial charge in [0.2, 0.25) is 0 Å². The maximum atomic E-state index is 13.1. The fourth-order valence-electron chi connectivity index (χ4n) is 7.29. The minimum Gasteiger partial charge on any atom is -0.402 e. The van der Waals surface area contributed by atoms with E-state index >= 15 is 0 Å². The standard InChI is InChI=1S/C34H48N2O6Si2/c1-23-22-36(33(39)35-32(23)38)30-21-28(31(41-30)27-20-29(43(5,6)7)26(40-27)18-19-37)42-44(34(2,3)4,24-14-10-8-11-15-24)25-16-12-9-13-17-25/h8-17,22,26-31,37H,18-21H2,1-7H3,(H,35,38,39)/t26?,27?,28-,29?,30+,31+/m0/s1. The van der Waals surface area contributed by atoms with Crippen molar-refractivity contribution in [2.45, 2.75) is 108 Å². The number of benzene rings is 2. The molecular weight excluding hydrogens is 589 g/mol. The monoisotopic (exact) mass is 636 g/mol. The Hall–Kier alpha value is -2.61. The van der Waals surface area contributed by atoms with Gasteiger partial charge >= 0.3 is 5.69 Å². The first-order valence-corrected chi connectivity index (χ1v) is 21.3. The van der Waals surface area contributed by atoms with E-state index < -0.39 is 40.0 Å². The van der Waals surface area contributed by atoms with E-state index in [-0.39, 0.29) is 30.0 Å². The van der Waals surface area contributed by atoms with Crippen molar-refractivity contribution in [3.8, 4) is 0 Å². The van der Waals surface area contributed by atoms with Crippen LogP contribution in [0.3, 0.4) is 0 Å². The van der Waals surface area contributed by atoms with Gasteiger partial charge in [-0.25, -0.2) is 4.79 Å². The fraction of sp³-hybridized carbons (Fsp3) is 0.529. The second-order valence-electron chi connectivity index (χ2n) is 14.5. The van der Waals surface area contributed by atoms with Crippen LogP contribution < -0.4 is 21.6 Å². The van der Waals surface area contributed by atoms with Gasteiger partial charge in [0, 0.05) is 24.8 Å². The second kappa shape index (κ2) is 12.7. The van der Waals surface area contributed by atoms with Gasteiger partial charge in [-0.3, -0.25) is 14.3 Å². The molecule has 1 aromatic heterocycles. The Balaban J connectivity index is 1.62. The minimum absolute atomic E-state index is 0.0501. The molecule has 3 heterocycles. The van der Waals surface area contributed by atoms with Crippen molar-refractivity contribution < 1.29 is 19.0 Å². The number of aromatic amines is 1. The van der Waals surface area contributed by atoms with Crippen LogP contribution in [-0.2, 0) is 13.9 Å². The summed E-state index contributed by atoms with van der Waals surface area (Å²) in [6.45, 7) is 15.6. The lowest BCUT2D eigenvalue weighted by molar-refractivity contribution is -0.103. The summed E-state index contributed by atoms with van der Waals surface area (Å²) in [5.74, 6) is 0. The van der Waals surface area contributed by atoms with E-state index in [1.807, 2.05) is 12.1 Å². The predicted octanol–water partition coefficient (Wildman–Crippen LogP) is 4.33. The first-order valence-electron chi connectivity index (χ1n) is 15.8. The number of nitrogens with one attached hydrogen (secondary N) is 1. The highest BCUT2D eigenvalue weighted by Gasteiger charge is 2.56. The second-order valence-corrected chi connectivity index (χ2v) is 24.2. The van der Waals surface area contributed by atoms with Gasteiger partial charge in [0.1, 0.15) is 12.3 Å². The largest absolute Gasteiger partial charge is 0.402 e. The summed E-state index contributed by atoms with van der Waals surface area (Å²) >= 11 is 0. The number of nitrogens with zero attached hydrogens (tertiary/aromatic N) is 1. The molecule has 44 heavy (non-hydrogen) atoms. The molecule has 2 aromatic carbocycles. The molecule has 2 aliphatic heterocycles. The maximum Gasteiger partial charge on any atom is 0.330 e. The van der Waals surface area contributed by atoms with Crippen molar-refractivity contribution in [3.05, 3.63) is 93.3 Å². The lowest BCUT2D eigenvalue weighted by Gasteiger charge is -2.45. The number of rotatable bonds is 9. The minimum atomic E-state index is -2.97. The van der Waals surface area contributed by atoms with Gasteiger partial charge in [-0.15, -0.1) is 0 Å². The number of aryl methyl sites for hydroxylation is 1. The number of ether oxygens (including phenoxy) is 2. The van der Waals surface area contributed by atoms with Crippen molar-refractivity contribution in [2.75, 3.05) is 6.61 Å². The van der Waals surface area contributed by atoms with E-state index in [1.54, 1.807) is 13.1 Å². The van der Waals surface area contributed by atoms with Crippen LogP contribution in [0.5, 0.6) is 0 Å². The molecule has 0 spiro atoms. The third-order valence-corrected chi connectivity index (χ3v) is 17.4. The zero-order chi connectivity index (χ0) is 31.9. The van der Waals surface area contributed by atoms with Crippen molar-refractivity contribution in [3.63, 3.8) is 0 Å². The fourth-order valence-corrected chi connectivity index (χ4v) is 14.3. The number of aromatic nitrogens is 2. The summed E-state index contributed by atoms with van der Waals surface area (Å²) in [7, 11) is -4.61. The molecule has 2 saturated heterocycles. The highest BCUT2D eigenvalue weighted by molar-refractivity contribution is 6.99. The first-order chi connectivity index (χ1) is 20.8. The summed E-state index contributed by atoms with van der Waals surface area (Å²) in [6, 6.07) is 21.0. The molecule has 0 radical (unpaired) electrons.